The van der Waals surface area contributed by atoms with E-state index in [1.54, 1.807) is 12.4 Å². The van der Waals surface area contributed by atoms with Crippen molar-refractivity contribution in [2.45, 2.75) is 19.5 Å². The molecule has 6 heteroatoms. The Bertz CT molecular complexity index is 1040. The van der Waals surface area contributed by atoms with Crippen molar-refractivity contribution >= 4 is 10.9 Å². The molecule has 4 rings (SSSR count). The Morgan fingerprint density at radius 2 is 2.08 bits per heavy atom. The van der Waals surface area contributed by atoms with Crippen LogP contribution in [0.4, 0.5) is 0 Å². The van der Waals surface area contributed by atoms with Crippen LogP contribution in [-0.2, 0) is 13.1 Å². The van der Waals surface area contributed by atoms with Gasteiger partial charge in [0.05, 0.1) is 5.69 Å². The summed E-state index contributed by atoms with van der Waals surface area (Å²) in [5.41, 5.74) is 4.05. The second-order valence-corrected chi connectivity index (χ2v) is 6.30. The van der Waals surface area contributed by atoms with Crippen LogP contribution in [-0.4, -0.2) is 26.1 Å². The molecule has 0 amide bonds. The molecular weight excluding hydrogens is 326 g/mol. The molecule has 132 valence electrons. The van der Waals surface area contributed by atoms with Gasteiger partial charge in [-0.3, -0.25) is 4.98 Å². The van der Waals surface area contributed by atoms with Gasteiger partial charge in [0, 0.05) is 54.3 Å². The van der Waals surface area contributed by atoms with Crippen LogP contribution in [0.3, 0.4) is 0 Å². The number of benzene rings is 1. The quantitative estimate of drug-likeness (QED) is 0.450. The Morgan fingerprint density at radius 3 is 2.88 bits per heavy atom. The molecule has 26 heavy (non-hydrogen) atoms. The fourth-order valence-corrected chi connectivity index (χ4v) is 3.23. The van der Waals surface area contributed by atoms with E-state index in [1.807, 2.05) is 24.4 Å². The van der Waals surface area contributed by atoms with Gasteiger partial charge in [-0.25, -0.2) is 4.79 Å². The van der Waals surface area contributed by atoms with E-state index >= 15 is 0 Å². The number of imidazole rings is 1. The fraction of sp³-hybridized carbons (Fsp3) is 0.200. The van der Waals surface area contributed by atoms with Gasteiger partial charge in [0.25, 0.3) is 0 Å². The average Bonchev–Trinajstić information content (AvgIpc) is 3.26. The Kier molecular flexibility index (Phi) is 4.66. The standard InChI is InChI=1S/C20H21N5O/c26-20-23-13-18(24-20)17-14-25(19-7-2-1-6-16(17)19)10-4-9-22-12-15-5-3-8-21-11-15/h1-3,5-8,11,13-14,22H,4,9-10,12H2,(H2,23,24,26). The third kappa shape index (κ3) is 3.45. The number of fused-ring (bicyclic) bond motifs is 1. The van der Waals surface area contributed by atoms with Gasteiger partial charge in [0.1, 0.15) is 0 Å². The molecule has 1 aromatic carbocycles. The Labute approximate surface area is 150 Å². The number of aromatic amines is 2. The predicted octanol–water partition coefficient (Wildman–Crippen LogP) is 2.90. The van der Waals surface area contributed by atoms with E-state index < -0.39 is 0 Å². The highest BCUT2D eigenvalue weighted by atomic mass is 16.1. The number of pyridine rings is 1. The van der Waals surface area contributed by atoms with Crippen LogP contribution in [0.1, 0.15) is 12.0 Å². The predicted molar refractivity (Wildman–Crippen MR) is 103 cm³/mol. The lowest BCUT2D eigenvalue weighted by molar-refractivity contribution is 0.590. The van der Waals surface area contributed by atoms with Crippen LogP contribution in [0, 0.1) is 0 Å². The molecule has 3 heterocycles. The molecule has 0 spiro atoms. The molecule has 0 fully saturated rings. The van der Waals surface area contributed by atoms with Crippen molar-refractivity contribution in [1.29, 1.82) is 0 Å². The van der Waals surface area contributed by atoms with E-state index in [0.29, 0.717) is 0 Å². The Hall–Kier alpha value is -3.12. The van der Waals surface area contributed by atoms with Gasteiger partial charge in [0.2, 0.25) is 0 Å². The Morgan fingerprint density at radius 1 is 1.15 bits per heavy atom. The molecule has 0 aliphatic carbocycles. The van der Waals surface area contributed by atoms with Gasteiger partial charge in [-0.05, 0) is 30.7 Å². The minimum absolute atomic E-state index is 0.184. The van der Waals surface area contributed by atoms with E-state index in [2.05, 4.69) is 49.2 Å². The van der Waals surface area contributed by atoms with Crippen LogP contribution < -0.4 is 11.0 Å². The second kappa shape index (κ2) is 7.41. The monoisotopic (exact) mass is 347 g/mol. The summed E-state index contributed by atoms with van der Waals surface area (Å²) >= 11 is 0. The number of rotatable bonds is 7. The number of hydrogen-bond acceptors (Lipinski definition) is 3. The third-order valence-electron chi connectivity index (χ3n) is 4.48. The largest absolute Gasteiger partial charge is 0.347 e. The van der Waals surface area contributed by atoms with E-state index in [9.17, 15) is 4.79 Å². The minimum atomic E-state index is -0.184. The van der Waals surface area contributed by atoms with Gasteiger partial charge < -0.3 is 19.9 Å². The summed E-state index contributed by atoms with van der Waals surface area (Å²) in [4.78, 5) is 21.1. The molecule has 3 aromatic heterocycles. The molecule has 4 aromatic rings. The van der Waals surface area contributed by atoms with Gasteiger partial charge in [0.15, 0.2) is 0 Å². The number of hydrogen-bond donors (Lipinski definition) is 3. The SMILES string of the molecule is O=c1[nH]cc(-c2cn(CCCNCc3cccnc3)c3ccccc23)[nH]1. The number of H-pyrrole nitrogens is 2. The van der Waals surface area contributed by atoms with E-state index in [1.165, 1.54) is 11.1 Å². The van der Waals surface area contributed by atoms with Gasteiger partial charge >= 0.3 is 5.69 Å². The molecule has 3 N–H and O–H groups in total. The third-order valence-corrected chi connectivity index (χ3v) is 4.48. The average molecular weight is 347 g/mol. The molecule has 0 aliphatic rings. The van der Waals surface area contributed by atoms with Crippen LogP contribution in [0.2, 0.25) is 0 Å². The van der Waals surface area contributed by atoms with Crippen molar-refractivity contribution < 1.29 is 0 Å². The molecule has 0 radical (unpaired) electrons. The molecule has 6 nitrogen and oxygen atoms in total. The minimum Gasteiger partial charge on any atom is -0.347 e. The van der Waals surface area contributed by atoms with Crippen LogP contribution in [0.25, 0.3) is 22.2 Å². The zero-order valence-electron chi connectivity index (χ0n) is 14.4. The number of para-hydroxylation sites is 1. The first-order valence-corrected chi connectivity index (χ1v) is 8.77. The normalized spacial score (nSPS) is 11.2. The maximum absolute atomic E-state index is 11.4. The smallest absolute Gasteiger partial charge is 0.323 e. The van der Waals surface area contributed by atoms with Gasteiger partial charge in [-0.2, -0.15) is 0 Å². The summed E-state index contributed by atoms with van der Waals surface area (Å²) in [5, 5.41) is 4.60. The van der Waals surface area contributed by atoms with Crippen molar-refractivity contribution in [2.24, 2.45) is 0 Å². The number of nitrogens with one attached hydrogen (secondary N) is 3. The second-order valence-electron chi connectivity index (χ2n) is 6.30. The van der Waals surface area contributed by atoms with Crippen molar-refractivity contribution in [1.82, 2.24) is 24.8 Å². The first-order chi connectivity index (χ1) is 12.8. The summed E-state index contributed by atoms with van der Waals surface area (Å²) in [5.74, 6) is 0. The molecule has 0 saturated carbocycles. The number of aryl methyl sites for hydroxylation is 1. The fourth-order valence-electron chi connectivity index (χ4n) is 3.23. The Balaban J connectivity index is 1.44. The van der Waals surface area contributed by atoms with Crippen molar-refractivity contribution in [3.63, 3.8) is 0 Å². The lowest BCUT2D eigenvalue weighted by Crippen LogP contribution is -2.16. The highest BCUT2D eigenvalue weighted by Gasteiger charge is 2.11. The van der Waals surface area contributed by atoms with E-state index in [-0.39, 0.29) is 5.69 Å². The first-order valence-electron chi connectivity index (χ1n) is 8.77. The zero-order valence-corrected chi connectivity index (χ0v) is 14.4. The molecule has 0 aliphatic heterocycles. The lowest BCUT2D eigenvalue weighted by Gasteiger charge is -2.07. The topological polar surface area (TPSA) is 78.5 Å². The summed E-state index contributed by atoms with van der Waals surface area (Å²) in [6.45, 7) is 2.67. The maximum atomic E-state index is 11.4. The van der Waals surface area contributed by atoms with Gasteiger partial charge in [-0.1, -0.05) is 24.3 Å². The van der Waals surface area contributed by atoms with Crippen molar-refractivity contribution in [3.05, 3.63) is 77.2 Å². The lowest BCUT2D eigenvalue weighted by atomic mass is 10.1. The zero-order chi connectivity index (χ0) is 17.8. The number of nitrogens with zero attached hydrogens (tertiary/aromatic N) is 2. The summed E-state index contributed by atoms with van der Waals surface area (Å²) in [6.07, 6.45) is 8.53. The van der Waals surface area contributed by atoms with Crippen LogP contribution >= 0.6 is 0 Å². The molecule has 0 atom stereocenters. The van der Waals surface area contributed by atoms with E-state index in [0.717, 1.165) is 42.7 Å². The molecule has 0 saturated heterocycles. The van der Waals surface area contributed by atoms with Crippen molar-refractivity contribution in [3.8, 4) is 11.3 Å². The van der Waals surface area contributed by atoms with E-state index in [4.69, 9.17) is 0 Å². The highest BCUT2D eigenvalue weighted by molar-refractivity contribution is 5.95. The maximum Gasteiger partial charge on any atom is 0.323 e. The summed E-state index contributed by atoms with van der Waals surface area (Å²) in [6, 6.07) is 12.3. The summed E-state index contributed by atoms with van der Waals surface area (Å²) < 4.78 is 2.25. The number of aromatic nitrogens is 4. The molecule has 0 bridgehead atoms. The van der Waals surface area contributed by atoms with Crippen molar-refractivity contribution in [2.75, 3.05) is 6.54 Å². The first kappa shape index (κ1) is 16.4. The molecular formula is C20H21N5O. The van der Waals surface area contributed by atoms with Gasteiger partial charge in [-0.15, -0.1) is 0 Å². The van der Waals surface area contributed by atoms with Crippen LogP contribution in [0.5, 0.6) is 0 Å². The summed E-state index contributed by atoms with van der Waals surface area (Å²) in [7, 11) is 0. The molecule has 0 unspecified atom stereocenters. The highest BCUT2D eigenvalue weighted by Crippen LogP contribution is 2.28. The van der Waals surface area contributed by atoms with Crippen LogP contribution in [0.15, 0.2) is 66.0 Å².